The van der Waals surface area contributed by atoms with Crippen LogP contribution in [0.1, 0.15) is 51.8 Å². The predicted octanol–water partition coefficient (Wildman–Crippen LogP) is 7.16. The number of aryl methyl sites for hydroxylation is 1. The van der Waals surface area contributed by atoms with Gasteiger partial charge < -0.3 is 10.6 Å². The van der Waals surface area contributed by atoms with Gasteiger partial charge in [0.15, 0.2) is 5.69 Å². The molecule has 3 aromatic rings. The molecule has 0 aliphatic heterocycles. The van der Waals surface area contributed by atoms with Crippen molar-refractivity contribution >= 4 is 22.4 Å². The third-order valence-corrected chi connectivity index (χ3v) is 4.69. The van der Waals surface area contributed by atoms with Gasteiger partial charge >= 0.3 is 6.18 Å². The number of halogens is 3. The first-order valence-electron chi connectivity index (χ1n) is 10.8. The molecule has 0 spiro atoms. The molecule has 3 rings (SSSR count). The third-order valence-electron chi connectivity index (χ3n) is 4.69. The Morgan fingerprint density at radius 2 is 1.55 bits per heavy atom. The van der Waals surface area contributed by atoms with E-state index < -0.39 is 11.9 Å². The van der Waals surface area contributed by atoms with Crippen LogP contribution in [0.3, 0.4) is 0 Å². The summed E-state index contributed by atoms with van der Waals surface area (Å²) in [5, 5.41) is 6.32. The van der Waals surface area contributed by atoms with Crippen LogP contribution in [-0.4, -0.2) is 23.6 Å². The smallest absolute Gasteiger partial charge is 0.388 e. The Labute approximate surface area is 182 Å². The van der Waals surface area contributed by atoms with Crippen molar-refractivity contribution in [2.24, 2.45) is 0 Å². The first kappa shape index (κ1) is 24.4. The van der Waals surface area contributed by atoms with Crippen LogP contribution in [-0.2, 0) is 12.6 Å². The summed E-state index contributed by atoms with van der Waals surface area (Å²) in [4.78, 5) is 8.39. The zero-order valence-electron chi connectivity index (χ0n) is 18.8. The zero-order chi connectivity index (χ0) is 23.0. The maximum absolute atomic E-state index is 13.8. The molecule has 0 unspecified atom stereocenters. The fourth-order valence-electron chi connectivity index (χ4n) is 3.24. The number of rotatable bonds is 7. The number of aromatic nitrogens is 2. The summed E-state index contributed by atoms with van der Waals surface area (Å²) in [5.74, 6) is 0. The fraction of sp³-hybridized carbons (Fsp3) is 0.417. The minimum Gasteiger partial charge on any atom is -0.388 e. The molecule has 0 radical (unpaired) electrons. The van der Waals surface area contributed by atoms with Gasteiger partial charge in [-0.05, 0) is 42.7 Å². The highest BCUT2D eigenvalue weighted by atomic mass is 19.4. The van der Waals surface area contributed by atoms with Gasteiger partial charge in [0.25, 0.3) is 0 Å². The molecule has 0 saturated heterocycles. The van der Waals surface area contributed by atoms with E-state index in [2.05, 4.69) is 27.5 Å². The fourth-order valence-corrected chi connectivity index (χ4v) is 3.24. The summed E-state index contributed by atoms with van der Waals surface area (Å²) in [5.41, 5.74) is 2.66. The maximum Gasteiger partial charge on any atom is 0.435 e. The maximum atomic E-state index is 13.8. The van der Waals surface area contributed by atoms with Crippen molar-refractivity contribution in [2.75, 3.05) is 24.2 Å². The molecule has 7 heteroatoms. The van der Waals surface area contributed by atoms with Crippen LogP contribution in [0.5, 0.6) is 0 Å². The van der Waals surface area contributed by atoms with Gasteiger partial charge in [-0.15, -0.1) is 0 Å². The van der Waals surface area contributed by atoms with Crippen LogP contribution >= 0.6 is 0 Å². The highest BCUT2D eigenvalue weighted by molar-refractivity contribution is 5.84. The number of nitrogens with one attached hydrogen (secondary N) is 2. The van der Waals surface area contributed by atoms with E-state index in [-0.39, 0.29) is 11.2 Å². The molecule has 168 valence electrons. The van der Waals surface area contributed by atoms with Crippen LogP contribution in [0.15, 0.2) is 36.4 Å². The number of hydrogen-bond donors (Lipinski definition) is 2. The summed E-state index contributed by atoms with van der Waals surface area (Å²) in [6.07, 6.45) is -1.99. The number of benzene rings is 2. The van der Waals surface area contributed by atoms with E-state index in [0.29, 0.717) is 11.1 Å². The molecule has 0 aliphatic carbocycles. The number of anilines is 2. The summed E-state index contributed by atoms with van der Waals surface area (Å²) in [6.45, 7) is 8.89. The van der Waals surface area contributed by atoms with E-state index in [1.165, 1.54) is 0 Å². The second-order valence-corrected chi connectivity index (χ2v) is 6.92. The molecule has 1 heterocycles. The van der Waals surface area contributed by atoms with E-state index >= 15 is 0 Å². The SMILES string of the molecule is CC.CCCNc1cc2nc(-c3ccc(NC)cc3)c(C(F)(F)F)nc2cc1CCC. The molecule has 0 aliphatic rings. The lowest BCUT2D eigenvalue weighted by molar-refractivity contribution is -0.140. The van der Waals surface area contributed by atoms with Gasteiger partial charge in [-0.1, -0.05) is 46.2 Å². The van der Waals surface area contributed by atoms with E-state index in [9.17, 15) is 13.2 Å². The van der Waals surface area contributed by atoms with Gasteiger partial charge in [0.2, 0.25) is 0 Å². The van der Waals surface area contributed by atoms with Gasteiger partial charge in [-0.25, -0.2) is 9.97 Å². The van der Waals surface area contributed by atoms with Gasteiger partial charge in [0.05, 0.1) is 11.0 Å². The predicted molar refractivity (Wildman–Crippen MR) is 124 cm³/mol. The Morgan fingerprint density at radius 1 is 0.903 bits per heavy atom. The van der Waals surface area contributed by atoms with E-state index in [0.717, 1.165) is 42.7 Å². The molecular formula is C24H31F3N4. The van der Waals surface area contributed by atoms with Crippen LogP contribution < -0.4 is 10.6 Å². The van der Waals surface area contributed by atoms with Gasteiger partial charge in [0, 0.05) is 30.5 Å². The molecule has 0 fully saturated rings. The summed E-state index contributed by atoms with van der Waals surface area (Å²) < 4.78 is 41.3. The molecule has 0 saturated carbocycles. The molecule has 0 bridgehead atoms. The molecule has 1 aromatic heterocycles. The summed E-state index contributed by atoms with van der Waals surface area (Å²) in [6, 6.07) is 10.2. The molecule has 0 amide bonds. The van der Waals surface area contributed by atoms with E-state index in [1.807, 2.05) is 26.8 Å². The third kappa shape index (κ3) is 5.87. The van der Waals surface area contributed by atoms with Crippen LogP contribution in [0.2, 0.25) is 0 Å². The number of alkyl halides is 3. The average Bonchev–Trinajstić information content (AvgIpc) is 2.78. The first-order valence-corrected chi connectivity index (χ1v) is 10.8. The van der Waals surface area contributed by atoms with Crippen molar-refractivity contribution in [1.29, 1.82) is 0 Å². The largest absolute Gasteiger partial charge is 0.435 e. The van der Waals surface area contributed by atoms with Crippen LogP contribution in [0, 0.1) is 0 Å². The number of fused-ring (bicyclic) bond motifs is 1. The van der Waals surface area contributed by atoms with E-state index in [4.69, 9.17) is 0 Å². The zero-order valence-corrected chi connectivity index (χ0v) is 18.8. The van der Waals surface area contributed by atoms with Crippen molar-refractivity contribution in [3.05, 3.63) is 47.7 Å². The van der Waals surface area contributed by atoms with E-state index in [1.54, 1.807) is 37.4 Å². The monoisotopic (exact) mass is 432 g/mol. The Morgan fingerprint density at radius 3 is 2.10 bits per heavy atom. The number of nitrogens with zero attached hydrogens (tertiary/aromatic N) is 2. The van der Waals surface area contributed by atoms with Crippen molar-refractivity contribution in [3.8, 4) is 11.3 Å². The van der Waals surface area contributed by atoms with Crippen LogP contribution in [0.4, 0.5) is 24.5 Å². The Hall–Kier alpha value is -2.83. The molecule has 0 atom stereocenters. The topological polar surface area (TPSA) is 49.8 Å². The molecular weight excluding hydrogens is 401 g/mol. The molecule has 2 N–H and O–H groups in total. The average molecular weight is 433 g/mol. The second-order valence-electron chi connectivity index (χ2n) is 6.92. The second kappa shape index (κ2) is 11.0. The van der Waals surface area contributed by atoms with Crippen LogP contribution in [0.25, 0.3) is 22.3 Å². The lowest BCUT2D eigenvalue weighted by Gasteiger charge is -2.16. The van der Waals surface area contributed by atoms with Crippen molar-refractivity contribution in [2.45, 2.75) is 53.1 Å². The van der Waals surface area contributed by atoms with Gasteiger partial charge in [0.1, 0.15) is 5.69 Å². The highest BCUT2D eigenvalue weighted by Gasteiger charge is 2.37. The molecule has 2 aromatic carbocycles. The van der Waals surface area contributed by atoms with Crippen molar-refractivity contribution in [1.82, 2.24) is 9.97 Å². The lowest BCUT2D eigenvalue weighted by atomic mass is 10.0. The Bertz CT molecular complexity index is 983. The highest BCUT2D eigenvalue weighted by Crippen LogP contribution is 2.37. The summed E-state index contributed by atoms with van der Waals surface area (Å²) in [7, 11) is 1.75. The first-order chi connectivity index (χ1) is 14.9. The lowest BCUT2D eigenvalue weighted by Crippen LogP contribution is -2.12. The number of hydrogen-bond acceptors (Lipinski definition) is 4. The Kier molecular flexibility index (Phi) is 8.65. The standard InChI is InChI=1S/C22H25F3N4.C2H6/c1-4-6-15-12-18-19(13-17(15)27-11-5-2)28-20(21(29-18)22(23,24)25)14-7-9-16(26-3)10-8-14;1-2/h7-10,12-13,26-27H,4-6,11H2,1-3H3;1-2H3. The minimum atomic E-state index is -4.59. The molecule has 4 nitrogen and oxygen atoms in total. The molecule has 31 heavy (non-hydrogen) atoms. The van der Waals surface area contributed by atoms with Gasteiger partial charge in [-0.3, -0.25) is 0 Å². The summed E-state index contributed by atoms with van der Waals surface area (Å²) >= 11 is 0. The normalized spacial score (nSPS) is 11.1. The minimum absolute atomic E-state index is 0.155. The Balaban J connectivity index is 0.00000166. The quantitative estimate of drug-likeness (QED) is 0.416. The van der Waals surface area contributed by atoms with Gasteiger partial charge in [-0.2, -0.15) is 13.2 Å². The van der Waals surface area contributed by atoms with Crippen molar-refractivity contribution < 1.29 is 13.2 Å². The van der Waals surface area contributed by atoms with Crippen molar-refractivity contribution in [3.63, 3.8) is 0 Å².